The molecule has 2 fully saturated rings. The van der Waals surface area contributed by atoms with E-state index in [0.717, 1.165) is 18.9 Å². The summed E-state index contributed by atoms with van der Waals surface area (Å²) in [4.78, 5) is 23.7. The first-order valence-corrected chi connectivity index (χ1v) is 8.54. The van der Waals surface area contributed by atoms with Crippen LogP contribution in [0.2, 0.25) is 5.02 Å². The van der Waals surface area contributed by atoms with E-state index in [-0.39, 0.29) is 23.4 Å². The maximum atomic E-state index is 14.5. The Morgan fingerprint density at radius 2 is 2.04 bits per heavy atom. The second-order valence-electron chi connectivity index (χ2n) is 7.49. The first-order chi connectivity index (χ1) is 11.7. The van der Waals surface area contributed by atoms with Crippen LogP contribution in [0.25, 0.3) is 0 Å². The summed E-state index contributed by atoms with van der Waals surface area (Å²) in [7, 11) is 0. The molecule has 2 aliphatic rings. The molecule has 0 unspecified atom stereocenters. The molecule has 136 valence electrons. The molecule has 3 rings (SSSR count). The molecule has 2 atom stereocenters. The third kappa shape index (κ3) is 3.56. The third-order valence-corrected chi connectivity index (χ3v) is 5.23. The van der Waals surface area contributed by atoms with E-state index in [1.807, 2.05) is 0 Å². The number of amides is 3. The zero-order valence-corrected chi connectivity index (χ0v) is 14.7. The summed E-state index contributed by atoms with van der Waals surface area (Å²) >= 11 is 5.70. The molecule has 1 saturated carbocycles. The quantitative estimate of drug-likeness (QED) is 0.712. The van der Waals surface area contributed by atoms with Crippen molar-refractivity contribution < 1.29 is 18.4 Å². The number of rotatable bonds is 4. The number of benzene rings is 1. The lowest BCUT2D eigenvalue weighted by atomic mass is 9.61. The van der Waals surface area contributed by atoms with Gasteiger partial charge in [0.05, 0.1) is 6.04 Å². The second-order valence-corrected chi connectivity index (χ2v) is 7.87. The highest BCUT2D eigenvalue weighted by molar-refractivity contribution is 6.31. The van der Waals surface area contributed by atoms with Gasteiger partial charge in [-0.25, -0.2) is 13.6 Å². The van der Waals surface area contributed by atoms with Gasteiger partial charge >= 0.3 is 6.03 Å². The highest BCUT2D eigenvalue weighted by Crippen LogP contribution is 2.50. The molecule has 1 aromatic carbocycles. The van der Waals surface area contributed by atoms with Gasteiger partial charge in [0, 0.05) is 12.1 Å². The van der Waals surface area contributed by atoms with Crippen LogP contribution in [0.1, 0.15) is 38.3 Å². The van der Waals surface area contributed by atoms with Crippen molar-refractivity contribution in [2.45, 2.75) is 38.8 Å². The smallest absolute Gasteiger partial charge is 0.315 e. The average Bonchev–Trinajstić information content (AvgIpc) is 2.95. The summed E-state index contributed by atoms with van der Waals surface area (Å²) in [5, 5.41) is 7.23. The predicted molar refractivity (Wildman–Crippen MR) is 89.1 cm³/mol. The van der Waals surface area contributed by atoms with Crippen molar-refractivity contribution in [3.63, 3.8) is 0 Å². The summed E-state index contributed by atoms with van der Waals surface area (Å²) in [6.07, 6.45) is 1.59. The molecule has 3 amide bonds. The van der Waals surface area contributed by atoms with Crippen LogP contribution in [0.3, 0.4) is 0 Å². The van der Waals surface area contributed by atoms with Crippen LogP contribution < -0.4 is 16.0 Å². The van der Waals surface area contributed by atoms with E-state index in [1.165, 1.54) is 6.07 Å². The fourth-order valence-corrected chi connectivity index (χ4v) is 3.87. The molecule has 1 saturated heterocycles. The minimum atomic E-state index is -0.856. The lowest BCUT2D eigenvalue weighted by molar-refractivity contribution is -0.124. The van der Waals surface area contributed by atoms with E-state index < -0.39 is 40.7 Å². The second kappa shape index (κ2) is 6.44. The van der Waals surface area contributed by atoms with Gasteiger partial charge in [-0.3, -0.25) is 4.79 Å². The number of urea groups is 1. The van der Waals surface area contributed by atoms with Crippen molar-refractivity contribution in [3.05, 3.63) is 34.4 Å². The number of hydrogen-bond acceptors (Lipinski definition) is 2. The molecular formula is C17H20ClF2N3O2. The van der Waals surface area contributed by atoms with E-state index in [9.17, 15) is 18.4 Å². The van der Waals surface area contributed by atoms with Crippen LogP contribution in [-0.2, 0) is 4.79 Å². The fourth-order valence-electron chi connectivity index (χ4n) is 3.69. The molecule has 3 N–H and O–H groups in total. The molecule has 1 aromatic rings. The Balaban J connectivity index is 1.85. The minimum Gasteiger partial charge on any atom is -0.347 e. The standard InChI is InChI=1S/C17H20ClF2N3O2/c1-17(2)5-8(6-17)14(9-3-4-10(19)12(18)13(9)20)23-15(24)11-7-21-16(25)22-11/h3-4,8,11,14H,5-7H2,1-2H3,(H,23,24)(H2,21,22,25)/t11-,14+/m0/s1. The number of halogens is 3. The monoisotopic (exact) mass is 371 g/mol. The van der Waals surface area contributed by atoms with Crippen LogP contribution in [0, 0.1) is 23.0 Å². The van der Waals surface area contributed by atoms with Crippen molar-refractivity contribution in [3.8, 4) is 0 Å². The Morgan fingerprint density at radius 1 is 1.36 bits per heavy atom. The van der Waals surface area contributed by atoms with Crippen molar-refractivity contribution in [2.24, 2.45) is 11.3 Å². The molecule has 1 aliphatic heterocycles. The molecule has 0 spiro atoms. The Bertz CT molecular complexity index is 718. The number of nitrogens with one attached hydrogen (secondary N) is 3. The SMILES string of the molecule is CC1(C)CC([C@@H](NC(=O)[C@@H]2CNC(=O)N2)c2ccc(F)c(Cl)c2F)C1. The Kier molecular flexibility index (Phi) is 4.62. The molecule has 5 nitrogen and oxygen atoms in total. The largest absolute Gasteiger partial charge is 0.347 e. The van der Waals surface area contributed by atoms with Crippen molar-refractivity contribution in [2.75, 3.05) is 6.54 Å². The topological polar surface area (TPSA) is 70.2 Å². The van der Waals surface area contributed by atoms with E-state index in [2.05, 4.69) is 29.8 Å². The zero-order chi connectivity index (χ0) is 18.4. The lowest BCUT2D eigenvalue weighted by Crippen LogP contribution is -2.49. The van der Waals surface area contributed by atoms with Gasteiger partial charge in [0.1, 0.15) is 22.7 Å². The van der Waals surface area contributed by atoms with Crippen molar-refractivity contribution in [1.29, 1.82) is 0 Å². The Hall–Kier alpha value is -1.89. The van der Waals surface area contributed by atoms with Crippen LogP contribution in [-0.4, -0.2) is 24.5 Å². The van der Waals surface area contributed by atoms with Crippen LogP contribution in [0.4, 0.5) is 13.6 Å². The summed E-state index contributed by atoms with van der Waals surface area (Å²) in [6, 6.07) is 0.650. The third-order valence-electron chi connectivity index (χ3n) is 4.89. The average molecular weight is 372 g/mol. The summed E-state index contributed by atoms with van der Waals surface area (Å²) in [5.74, 6) is -2.09. The number of hydrogen-bond donors (Lipinski definition) is 3. The molecule has 0 radical (unpaired) electrons. The highest BCUT2D eigenvalue weighted by atomic mass is 35.5. The van der Waals surface area contributed by atoms with Gasteiger partial charge in [0.25, 0.3) is 0 Å². The van der Waals surface area contributed by atoms with Crippen molar-refractivity contribution >= 4 is 23.5 Å². The summed E-state index contributed by atoms with van der Waals surface area (Å²) < 4.78 is 28.0. The van der Waals surface area contributed by atoms with E-state index in [4.69, 9.17) is 11.6 Å². The molecular weight excluding hydrogens is 352 g/mol. The van der Waals surface area contributed by atoms with E-state index >= 15 is 0 Å². The van der Waals surface area contributed by atoms with Gasteiger partial charge in [-0.05, 0) is 30.2 Å². The number of carbonyl (C=O) groups excluding carboxylic acids is 2. The van der Waals surface area contributed by atoms with E-state index in [1.54, 1.807) is 0 Å². The molecule has 1 heterocycles. The van der Waals surface area contributed by atoms with Gasteiger partial charge in [-0.2, -0.15) is 0 Å². The van der Waals surface area contributed by atoms with Gasteiger partial charge in [0.15, 0.2) is 0 Å². The van der Waals surface area contributed by atoms with Crippen molar-refractivity contribution in [1.82, 2.24) is 16.0 Å². The predicted octanol–water partition coefficient (Wildman–Crippen LogP) is 2.89. The molecule has 8 heteroatoms. The first-order valence-electron chi connectivity index (χ1n) is 8.16. The summed E-state index contributed by atoms with van der Waals surface area (Å²) in [6.45, 7) is 4.36. The van der Waals surface area contributed by atoms with Gasteiger partial charge in [0.2, 0.25) is 5.91 Å². The molecule has 0 bridgehead atoms. The normalized spacial score (nSPS) is 23.4. The first kappa shape index (κ1) is 17.9. The van der Waals surface area contributed by atoms with Crippen LogP contribution in [0.5, 0.6) is 0 Å². The number of carbonyl (C=O) groups is 2. The van der Waals surface area contributed by atoms with Gasteiger partial charge < -0.3 is 16.0 Å². The van der Waals surface area contributed by atoms with Gasteiger partial charge in [-0.1, -0.05) is 31.5 Å². The summed E-state index contributed by atoms with van der Waals surface area (Å²) in [5.41, 5.74) is 0.273. The van der Waals surface area contributed by atoms with Crippen LogP contribution >= 0.6 is 11.6 Å². The van der Waals surface area contributed by atoms with Crippen LogP contribution in [0.15, 0.2) is 12.1 Å². The molecule has 0 aromatic heterocycles. The minimum absolute atomic E-state index is 0.0139. The molecule has 1 aliphatic carbocycles. The van der Waals surface area contributed by atoms with Gasteiger partial charge in [-0.15, -0.1) is 0 Å². The Morgan fingerprint density at radius 3 is 2.60 bits per heavy atom. The zero-order valence-electron chi connectivity index (χ0n) is 14.0. The fraction of sp³-hybridized carbons (Fsp3) is 0.529. The lowest BCUT2D eigenvalue weighted by Gasteiger charge is -2.47. The highest BCUT2D eigenvalue weighted by Gasteiger charge is 2.43. The van der Waals surface area contributed by atoms with E-state index in [0.29, 0.717) is 0 Å². The maximum Gasteiger partial charge on any atom is 0.315 e. The Labute approximate surface area is 149 Å². The maximum absolute atomic E-state index is 14.5. The molecule has 25 heavy (non-hydrogen) atoms.